The van der Waals surface area contributed by atoms with Crippen LogP contribution in [0.2, 0.25) is 0 Å². The SMILES string of the molecule is CC/C=C\C/C=C\C/C=C\C/C=C\CCCCC(=O)OC(COCCCCCCCC)COC(=O)CCCCCCCCCCCCCCCCCCC. The van der Waals surface area contributed by atoms with Gasteiger partial charge in [0.25, 0.3) is 0 Å². The molecule has 0 amide bonds. The molecule has 0 fully saturated rings. The Balaban J connectivity index is 4.14. The lowest BCUT2D eigenvalue weighted by atomic mass is 10.0. The third kappa shape index (κ3) is 42.6. The van der Waals surface area contributed by atoms with Crippen LogP contribution in [0.4, 0.5) is 0 Å². The van der Waals surface area contributed by atoms with Crippen molar-refractivity contribution in [1.82, 2.24) is 0 Å². The van der Waals surface area contributed by atoms with E-state index in [1.807, 2.05) is 0 Å². The molecule has 0 aliphatic heterocycles. The highest BCUT2D eigenvalue weighted by molar-refractivity contribution is 5.70. The number of hydrogen-bond acceptors (Lipinski definition) is 5. The zero-order chi connectivity index (χ0) is 39.3. The summed E-state index contributed by atoms with van der Waals surface area (Å²) >= 11 is 0. The lowest BCUT2D eigenvalue weighted by Crippen LogP contribution is -2.30. The monoisotopic (exact) mass is 757 g/mol. The number of esters is 2. The van der Waals surface area contributed by atoms with Gasteiger partial charge in [0.2, 0.25) is 0 Å². The normalized spacial score (nSPS) is 12.6. The van der Waals surface area contributed by atoms with E-state index < -0.39 is 6.10 Å². The van der Waals surface area contributed by atoms with E-state index in [1.165, 1.54) is 122 Å². The average molecular weight is 757 g/mol. The van der Waals surface area contributed by atoms with Gasteiger partial charge in [0.1, 0.15) is 6.61 Å². The largest absolute Gasteiger partial charge is 0.462 e. The van der Waals surface area contributed by atoms with E-state index in [0.717, 1.165) is 70.6 Å². The molecular weight excluding hydrogens is 669 g/mol. The first-order valence-electron chi connectivity index (χ1n) is 23.2. The highest BCUT2D eigenvalue weighted by Crippen LogP contribution is 2.15. The molecule has 0 bridgehead atoms. The number of allylic oxidation sites excluding steroid dienone is 8. The van der Waals surface area contributed by atoms with E-state index in [-0.39, 0.29) is 25.2 Å². The number of ether oxygens (including phenoxy) is 3. The lowest BCUT2D eigenvalue weighted by Gasteiger charge is -2.18. The molecule has 0 heterocycles. The van der Waals surface area contributed by atoms with Crippen LogP contribution < -0.4 is 0 Å². The summed E-state index contributed by atoms with van der Waals surface area (Å²) in [7, 11) is 0. The summed E-state index contributed by atoms with van der Waals surface area (Å²) in [5.41, 5.74) is 0. The van der Waals surface area contributed by atoms with E-state index in [2.05, 4.69) is 69.4 Å². The predicted octanol–water partition coefficient (Wildman–Crippen LogP) is 15.2. The number of carbonyl (C=O) groups excluding carboxylic acids is 2. The lowest BCUT2D eigenvalue weighted by molar-refractivity contribution is -0.163. The summed E-state index contributed by atoms with van der Waals surface area (Å²) in [4.78, 5) is 25.2. The summed E-state index contributed by atoms with van der Waals surface area (Å²) in [6.45, 7) is 7.65. The molecule has 314 valence electrons. The van der Waals surface area contributed by atoms with Gasteiger partial charge < -0.3 is 14.2 Å². The Kier molecular flexibility index (Phi) is 43.5. The topological polar surface area (TPSA) is 61.8 Å². The van der Waals surface area contributed by atoms with Crippen molar-refractivity contribution < 1.29 is 23.8 Å². The maximum absolute atomic E-state index is 12.7. The van der Waals surface area contributed by atoms with Gasteiger partial charge in [-0.2, -0.15) is 0 Å². The molecule has 0 aromatic carbocycles. The van der Waals surface area contributed by atoms with Gasteiger partial charge in [0.05, 0.1) is 6.61 Å². The minimum absolute atomic E-state index is 0.0714. The molecule has 0 aliphatic rings. The third-order valence-corrected chi connectivity index (χ3v) is 9.88. The van der Waals surface area contributed by atoms with E-state index in [4.69, 9.17) is 14.2 Å². The number of unbranched alkanes of at least 4 members (excludes halogenated alkanes) is 23. The second-order valence-corrected chi connectivity index (χ2v) is 15.3. The van der Waals surface area contributed by atoms with E-state index in [9.17, 15) is 9.59 Å². The van der Waals surface area contributed by atoms with Crippen LogP contribution >= 0.6 is 0 Å². The zero-order valence-corrected chi connectivity index (χ0v) is 36.0. The van der Waals surface area contributed by atoms with Gasteiger partial charge in [-0.25, -0.2) is 0 Å². The standard InChI is InChI=1S/C49H88O5/c1-4-7-10-13-16-18-20-22-24-25-27-28-30-32-34-36-39-42-48(50)53-46-47(45-52-44-41-38-15-12-9-6-3)54-49(51)43-40-37-35-33-31-29-26-23-21-19-17-14-11-8-5-2/h8,11,17,19,23,26,31,33,47H,4-7,9-10,12-16,18,20-22,24-25,27-30,32,34-46H2,1-3H3/b11-8-,19-17-,26-23-,33-31-. The second-order valence-electron chi connectivity index (χ2n) is 15.3. The summed E-state index contributed by atoms with van der Waals surface area (Å²) in [5, 5.41) is 0. The van der Waals surface area contributed by atoms with Crippen LogP contribution in [-0.4, -0.2) is 37.9 Å². The molecule has 0 rings (SSSR count). The van der Waals surface area contributed by atoms with Crippen LogP contribution in [0.1, 0.15) is 226 Å². The van der Waals surface area contributed by atoms with Crippen LogP contribution in [0.25, 0.3) is 0 Å². The fraction of sp³-hybridized carbons (Fsp3) is 0.796. The molecule has 5 heteroatoms. The third-order valence-electron chi connectivity index (χ3n) is 9.88. The van der Waals surface area contributed by atoms with Crippen molar-refractivity contribution in [3.8, 4) is 0 Å². The fourth-order valence-corrected chi connectivity index (χ4v) is 6.44. The molecule has 54 heavy (non-hydrogen) atoms. The molecule has 0 spiro atoms. The number of hydrogen-bond donors (Lipinski definition) is 0. The van der Waals surface area contributed by atoms with Crippen molar-refractivity contribution >= 4 is 11.9 Å². The maximum atomic E-state index is 12.7. The second kappa shape index (κ2) is 45.3. The molecule has 0 radical (unpaired) electrons. The fourth-order valence-electron chi connectivity index (χ4n) is 6.44. The van der Waals surface area contributed by atoms with Crippen LogP contribution in [0.3, 0.4) is 0 Å². The Morgan fingerprint density at radius 2 is 0.833 bits per heavy atom. The molecular formula is C49H88O5. The highest BCUT2D eigenvalue weighted by atomic mass is 16.6. The maximum Gasteiger partial charge on any atom is 0.306 e. The van der Waals surface area contributed by atoms with Gasteiger partial charge in [0, 0.05) is 19.4 Å². The van der Waals surface area contributed by atoms with Gasteiger partial charge in [-0.1, -0.05) is 204 Å². The minimum atomic E-state index is -0.550. The first kappa shape index (κ1) is 51.9. The van der Waals surface area contributed by atoms with Crippen LogP contribution in [-0.2, 0) is 23.8 Å². The van der Waals surface area contributed by atoms with Crippen molar-refractivity contribution in [2.24, 2.45) is 0 Å². The number of rotatable bonds is 42. The summed E-state index contributed by atoms with van der Waals surface area (Å²) in [6, 6.07) is 0. The summed E-state index contributed by atoms with van der Waals surface area (Å²) < 4.78 is 17.2. The summed E-state index contributed by atoms with van der Waals surface area (Å²) in [5.74, 6) is -0.441. The van der Waals surface area contributed by atoms with Crippen LogP contribution in [0, 0.1) is 0 Å². The van der Waals surface area contributed by atoms with Gasteiger partial charge in [0.15, 0.2) is 6.10 Å². The van der Waals surface area contributed by atoms with Crippen molar-refractivity contribution in [1.29, 1.82) is 0 Å². The molecule has 0 aliphatic carbocycles. The molecule has 0 N–H and O–H groups in total. The van der Waals surface area contributed by atoms with Gasteiger partial charge in [-0.15, -0.1) is 0 Å². The number of carbonyl (C=O) groups is 2. The van der Waals surface area contributed by atoms with E-state index in [1.54, 1.807) is 0 Å². The predicted molar refractivity (Wildman–Crippen MR) is 233 cm³/mol. The van der Waals surface area contributed by atoms with Crippen LogP contribution in [0.5, 0.6) is 0 Å². The Hall–Kier alpha value is -2.14. The molecule has 1 atom stereocenters. The first-order chi connectivity index (χ1) is 26.6. The molecule has 1 unspecified atom stereocenters. The Labute approximate surface area is 335 Å². The Morgan fingerprint density at radius 3 is 1.33 bits per heavy atom. The van der Waals surface area contributed by atoms with Gasteiger partial charge in [-0.05, 0) is 57.8 Å². The Morgan fingerprint density at radius 1 is 0.426 bits per heavy atom. The van der Waals surface area contributed by atoms with E-state index >= 15 is 0 Å². The smallest absolute Gasteiger partial charge is 0.306 e. The van der Waals surface area contributed by atoms with Crippen molar-refractivity contribution in [3.63, 3.8) is 0 Å². The quantitative estimate of drug-likeness (QED) is 0.0353. The van der Waals surface area contributed by atoms with Crippen molar-refractivity contribution in [3.05, 3.63) is 48.6 Å². The van der Waals surface area contributed by atoms with Crippen molar-refractivity contribution in [2.75, 3.05) is 19.8 Å². The highest BCUT2D eigenvalue weighted by Gasteiger charge is 2.17. The molecule has 0 aromatic heterocycles. The average Bonchev–Trinajstić information content (AvgIpc) is 3.17. The summed E-state index contributed by atoms with van der Waals surface area (Å²) in [6.07, 6.45) is 54.1. The van der Waals surface area contributed by atoms with E-state index in [0.29, 0.717) is 19.4 Å². The van der Waals surface area contributed by atoms with Gasteiger partial charge >= 0.3 is 11.9 Å². The molecule has 5 nitrogen and oxygen atoms in total. The minimum Gasteiger partial charge on any atom is -0.462 e. The zero-order valence-electron chi connectivity index (χ0n) is 36.0. The molecule has 0 saturated carbocycles. The van der Waals surface area contributed by atoms with Crippen LogP contribution in [0.15, 0.2) is 48.6 Å². The Bertz CT molecular complexity index is 904. The van der Waals surface area contributed by atoms with Crippen molar-refractivity contribution in [2.45, 2.75) is 232 Å². The molecule has 0 aromatic rings. The molecule has 0 saturated heterocycles. The van der Waals surface area contributed by atoms with Gasteiger partial charge in [-0.3, -0.25) is 9.59 Å². The first-order valence-corrected chi connectivity index (χ1v) is 23.2.